The van der Waals surface area contributed by atoms with E-state index < -0.39 is 0 Å². The molecule has 5 rings (SSSR count). The predicted molar refractivity (Wildman–Crippen MR) is 129 cm³/mol. The fraction of sp³-hybridized carbons (Fsp3) is 0.240. The molecule has 0 bridgehead atoms. The second-order valence-corrected chi connectivity index (χ2v) is 8.45. The zero-order valence-corrected chi connectivity index (χ0v) is 18.5. The van der Waals surface area contributed by atoms with Crippen LogP contribution >= 0.6 is 0 Å². The minimum absolute atomic E-state index is 0.0972. The van der Waals surface area contributed by atoms with Crippen molar-refractivity contribution in [2.45, 2.75) is 39.8 Å². The van der Waals surface area contributed by atoms with E-state index in [0.29, 0.717) is 11.2 Å². The molecule has 0 spiro atoms. The molecule has 0 fully saturated rings. The molecule has 160 valence electrons. The first-order valence-electron chi connectivity index (χ1n) is 10.8. The highest BCUT2D eigenvalue weighted by molar-refractivity contribution is 6.21. The highest BCUT2D eigenvalue weighted by Gasteiger charge is 2.20. The molecule has 0 saturated heterocycles. The monoisotopic (exact) mass is 424 g/mol. The molecular weight excluding hydrogens is 400 g/mol. The number of carbonyl (C=O) groups excluding carboxylic acids is 1. The third-order valence-electron chi connectivity index (χ3n) is 5.61. The molecule has 2 aromatic carbocycles. The highest BCUT2D eigenvalue weighted by Crippen LogP contribution is 2.32. The second-order valence-electron chi connectivity index (χ2n) is 8.45. The average molecular weight is 425 g/mol. The normalized spacial score (nSPS) is 11.8. The number of aromatic nitrogens is 4. The van der Waals surface area contributed by atoms with E-state index in [1.54, 1.807) is 12.4 Å². The van der Waals surface area contributed by atoms with Gasteiger partial charge in [0.1, 0.15) is 0 Å². The molecule has 0 aliphatic carbocycles. The lowest BCUT2D eigenvalue weighted by molar-refractivity contribution is 0.178. The van der Waals surface area contributed by atoms with Crippen LogP contribution < -0.4 is 5.32 Å². The van der Waals surface area contributed by atoms with E-state index in [-0.39, 0.29) is 18.1 Å². The zero-order chi connectivity index (χ0) is 22.4. The maximum Gasteiger partial charge on any atom is 0.322 e. The largest absolute Gasteiger partial charge is 0.322 e. The van der Waals surface area contributed by atoms with Crippen LogP contribution in [0.3, 0.4) is 0 Å². The van der Waals surface area contributed by atoms with Gasteiger partial charge in [-0.2, -0.15) is 0 Å². The fourth-order valence-electron chi connectivity index (χ4n) is 4.33. The van der Waals surface area contributed by atoms with Gasteiger partial charge in [0, 0.05) is 40.9 Å². The summed E-state index contributed by atoms with van der Waals surface area (Å²) in [6, 6.07) is 13.5. The molecule has 7 heteroatoms. The van der Waals surface area contributed by atoms with E-state index >= 15 is 0 Å². The molecule has 5 aromatic rings. The summed E-state index contributed by atoms with van der Waals surface area (Å²) in [5.74, 6) is 0. The minimum Gasteiger partial charge on any atom is -0.320 e. The van der Waals surface area contributed by atoms with Gasteiger partial charge in [-0.1, -0.05) is 0 Å². The Hall–Kier alpha value is -3.87. The Kier molecular flexibility index (Phi) is 4.81. The molecular formula is C25H24N6O. The topological polar surface area (TPSA) is 83.9 Å². The third-order valence-corrected chi connectivity index (χ3v) is 5.61. The number of rotatable bonds is 3. The van der Waals surface area contributed by atoms with Gasteiger partial charge in [0.2, 0.25) is 0 Å². The molecule has 3 heterocycles. The van der Waals surface area contributed by atoms with Crippen molar-refractivity contribution in [2.75, 3.05) is 5.32 Å². The summed E-state index contributed by atoms with van der Waals surface area (Å²) in [4.78, 5) is 33.6. The fourth-order valence-corrected chi connectivity index (χ4v) is 4.33. The Morgan fingerprint density at radius 2 is 1.34 bits per heavy atom. The standard InChI is InChI=1S/C25H24N6O/c1-14(2)31(15(3)4)25(32)28-16-9-10-19-20(13-16)30-24-18-8-6-12-27-22(18)21-17(23(24)29-19)7-5-11-26-21/h5-15H,1-4H3,(H,28,32). The van der Waals surface area contributed by atoms with Crippen molar-refractivity contribution in [3.63, 3.8) is 0 Å². The number of fused-ring (bicyclic) bond motifs is 7. The quantitative estimate of drug-likeness (QED) is 0.304. The van der Waals surface area contributed by atoms with Gasteiger partial charge in [-0.3, -0.25) is 9.97 Å². The van der Waals surface area contributed by atoms with Gasteiger partial charge < -0.3 is 10.2 Å². The summed E-state index contributed by atoms with van der Waals surface area (Å²) in [5, 5.41) is 4.84. The van der Waals surface area contributed by atoms with Crippen LogP contribution in [0.25, 0.3) is 43.9 Å². The van der Waals surface area contributed by atoms with E-state index in [1.165, 1.54) is 0 Å². The molecule has 1 N–H and O–H groups in total. The van der Waals surface area contributed by atoms with E-state index in [4.69, 9.17) is 9.97 Å². The Balaban J connectivity index is 1.68. The van der Waals surface area contributed by atoms with Crippen molar-refractivity contribution in [3.05, 3.63) is 54.9 Å². The zero-order valence-electron chi connectivity index (χ0n) is 18.5. The number of nitrogens with one attached hydrogen (secondary N) is 1. The Morgan fingerprint density at radius 1 is 0.781 bits per heavy atom. The highest BCUT2D eigenvalue weighted by atomic mass is 16.2. The summed E-state index contributed by atoms with van der Waals surface area (Å²) in [5.41, 5.74) is 5.35. The minimum atomic E-state index is -0.130. The van der Waals surface area contributed by atoms with Gasteiger partial charge in [0.25, 0.3) is 0 Å². The maximum absolute atomic E-state index is 12.8. The second kappa shape index (κ2) is 7.67. The van der Waals surface area contributed by atoms with Gasteiger partial charge in [0.15, 0.2) is 0 Å². The number of hydrogen-bond acceptors (Lipinski definition) is 5. The molecule has 0 aliphatic rings. The molecule has 32 heavy (non-hydrogen) atoms. The van der Waals surface area contributed by atoms with Crippen molar-refractivity contribution in [2.24, 2.45) is 0 Å². The first kappa shape index (κ1) is 20.1. The van der Waals surface area contributed by atoms with Crippen LogP contribution in [0.1, 0.15) is 27.7 Å². The first-order chi connectivity index (χ1) is 15.4. The summed E-state index contributed by atoms with van der Waals surface area (Å²) < 4.78 is 0. The van der Waals surface area contributed by atoms with Crippen molar-refractivity contribution in [1.29, 1.82) is 0 Å². The SMILES string of the molecule is CC(C)N(C(=O)Nc1ccc2nc3c4cccnc4c4ncccc4c3nc2c1)C(C)C. The lowest BCUT2D eigenvalue weighted by atomic mass is 10.1. The van der Waals surface area contributed by atoms with E-state index in [2.05, 4.69) is 15.3 Å². The van der Waals surface area contributed by atoms with Crippen LogP contribution in [0, 0.1) is 0 Å². The Bertz CT molecular complexity index is 1490. The van der Waals surface area contributed by atoms with Gasteiger partial charge in [0.05, 0.1) is 33.1 Å². The third kappa shape index (κ3) is 3.26. The molecule has 3 aromatic heterocycles. The first-order valence-corrected chi connectivity index (χ1v) is 10.8. The number of amides is 2. The maximum atomic E-state index is 12.8. The lowest BCUT2D eigenvalue weighted by Crippen LogP contribution is -2.44. The predicted octanol–water partition coefficient (Wildman–Crippen LogP) is 5.53. The lowest BCUT2D eigenvalue weighted by Gasteiger charge is -2.30. The molecule has 0 unspecified atom stereocenters. The number of pyridine rings is 2. The summed E-state index contributed by atoms with van der Waals surface area (Å²) in [6.07, 6.45) is 3.53. The van der Waals surface area contributed by atoms with Crippen molar-refractivity contribution < 1.29 is 4.79 Å². The van der Waals surface area contributed by atoms with Crippen molar-refractivity contribution in [1.82, 2.24) is 24.8 Å². The van der Waals surface area contributed by atoms with Crippen LogP contribution in [0.15, 0.2) is 54.9 Å². The van der Waals surface area contributed by atoms with Gasteiger partial charge in [-0.15, -0.1) is 0 Å². The number of nitrogens with zero attached hydrogens (tertiary/aromatic N) is 5. The summed E-state index contributed by atoms with van der Waals surface area (Å²) in [7, 11) is 0. The van der Waals surface area contributed by atoms with E-state index in [9.17, 15) is 4.79 Å². The number of urea groups is 1. The van der Waals surface area contributed by atoms with Crippen LogP contribution in [-0.2, 0) is 0 Å². The van der Waals surface area contributed by atoms with Gasteiger partial charge in [-0.05, 0) is 70.2 Å². The smallest absolute Gasteiger partial charge is 0.320 e. The van der Waals surface area contributed by atoms with Gasteiger partial charge >= 0.3 is 6.03 Å². The van der Waals surface area contributed by atoms with Crippen LogP contribution in [-0.4, -0.2) is 43.0 Å². The van der Waals surface area contributed by atoms with Crippen LogP contribution in [0.2, 0.25) is 0 Å². The summed E-state index contributed by atoms with van der Waals surface area (Å²) in [6.45, 7) is 8.04. The Morgan fingerprint density at radius 3 is 1.91 bits per heavy atom. The number of carbonyl (C=O) groups is 1. The van der Waals surface area contributed by atoms with Crippen LogP contribution in [0.4, 0.5) is 10.5 Å². The average Bonchev–Trinajstić information content (AvgIpc) is 2.77. The van der Waals surface area contributed by atoms with Crippen LogP contribution in [0.5, 0.6) is 0 Å². The number of benzene rings is 2. The van der Waals surface area contributed by atoms with E-state index in [1.807, 2.05) is 75.1 Å². The van der Waals surface area contributed by atoms with Gasteiger partial charge in [-0.25, -0.2) is 14.8 Å². The summed E-state index contributed by atoms with van der Waals surface area (Å²) >= 11 is 0. The molecule has 7 nitrogen and oxygen atoms in total. The van der Waals surface area contributed by atoms with Crippen molar-refractivity contribution >= 4 is 55.6 Å². The molecule has 0 saturated carbocycles. The van der Waals surface area contributed by atoms with Crippen molar-refractivity contribution in [3.8, 4) is 0 Å². The number of anilines is 1. The molecule has 0 radical (unpaired) electrons. The molecule has 2 amide bonds. The van der Waals surface area contributed by atoms with E-state index in [0.717, 1.165) is 38.4 Å². The molecule has 0 aliphatic heterocycles. The molecule has 0 atom stereocenters. The number of hydrogen-bond donors (Lipinski definition) is 1. The Labute approximate surface area is 185 Å².